The zero-order valence-electron chi connectivity index (χ0n) is 12.5. The quantitative estimate of drug-likeness (QED) is 0.679. The average molecular weight is 327 g/mol. The van der Waals surface area contributed by atoms with Gasteiger partial charge in [-0.25, -0.2) is 9.67 Å². The fourth-order valence-corrected chi connectivity index (χ4v) is 2.84. The summed E-state index contributed by atoms with van der Waals surface area (Å²) >= 11 is 1.43. The number of hydrogen-bond donors (Lipinski definition) is 2. The van der Waals surface area contributed by atoms with Crippen LogP contribution in [0.2, 0.25) is 0 Å². The lowest BCUT2D eigenvalue weighted by Gasteiger charge is -2.00. The lowest BCUT2D eigenvalue weighted by Crippen LogP contribution is -2.26. The maximum absolute atomic E-state index is 12.0. The van der Waals surface area contributed by atoms with Crippen LogP contribution in [0.3, 0.4) is 0 Å². The van der Waals surface area contributed by atoms with Crippen LogP contribution in [-0.4, -0.2) is 33.8 Å². The van der Waals surface area contributed by atoms with Gasteiger partial charge < -0.3 is 11.1 Å². The topological polar surface area (TPSA) is 85.8 Å². The number of amides is 1. The van der Waals surface area contributed by atoms with Crippen molar-refractivity contribution in [2.24, 2.45) is 5.73 Å². The van der Waals surface area contributed by atoms with E-state index in [2.05, 4.69) is 15.4 Å². The normalized spacial score (nSPS) is 10.7. The molecule has 0 aliphatic heterocycles. The molecule has 6 nitrogen and oxygen atoms in total. The third-order valence-corrected chi connectivity index (χ3v) is 4.14. The SMILES string of the molecule is NCCCNC(=O)c1csc(-c2cnn(-c3ccccc3)c2)n1. The van der Waals surface area contributed by atoms with E-state index in [1.54, 1.807) is 16.3 Å². The van der Waals surface area contributed by atoms with Crippen LogP contribution in [0.15, 0.2) is 48.1 Å². The number of rotatable bonds is 6. The van der Waals surface area contributed by atoms with Crippen molar-refractivity contribution in [1.29, 1.82) is 0 Å². The van der Waals surface area contributed by atoms with Crippen LogP contribution in [0.1, 0.15) is 16.9 Å². The summed E-state index contributed by atoms with van der Waals surface area (Å²) in [5, 5.41) is 9.68. The van der Waals surface area contributed by atoms with Crippen molar-refractivity contribution in [2.45, 2.75) is 6.42 Å². The molecule has 0 aliphatic carbocycles. The number of nitrogens with two attached hydrogens (primary N) is 1. The van der Waals surface area contributed by atoms with Gasteiger partial charge in [-0.05, 0) is 25.1 Å². The van der Waals surface area contributed by atoms with Gasteiger partial charge in [0.15, 0.2) is 0 Å². The van der Waals surface area contributed by atoms with E-state index in [-0.39, 0.29) is 5.91 Å². The molecule has 0 spiro atoms. The second kappa shape index (κ2) is 7.17. The fourth-order valence-electron chi connectivity index (χ4n) is 2.06. The summed E-state index contributed by atoms with van der Waals surface area (Å²) in [6.07, 6.45) is 4.42. The van der Waals surface area contributed by atoms with Gasteiger partial charge in [0.25, 0.3) is 5.91 Å². The highest BCUT2D eigenvalue weighted by atomic mass is 32.1. The van der Waals surface area contributed by atoms with E-state index < -0.39 is 0 Å². The molecular formula is C16H17N5OS. The number of nitrogens with one attached hydrogen (secondary N) is 1. The minimum absolute atomic E-state index is 0.170. The number of para-hydroxylation sites is 1. The molecule has 7 heteroatoms. The van der Waals surface area contributed by atoms with Gasteiger partial charge >= 0.3 is 0 Å². The monoisotopic (exact) mass is 327 g/mol. The molecule has 1 amide bonds. The van der Waals surface area contributed by atoms with E-state index in [4.69, 9.17) is 5.73 Å². The van der Waals surface area contributed by atoms with Crippen molar-refractivity contribution in [1.82, 2.24) is 20.1 Å². The highest BCUT2D eigenvalue weighted by Crippen LogP contribution is 2.24. The van der Waals surface area contributed by atoms with Gasteiger partial charge in [0.2, 0.25) is 0 Å². The lowest BCUT2D eigenvalue weighted by atomic mass is 10.3. The van der Waals surface area contributed by atoms with E-state index in [1.165, 1.54) is 11.3 Å². The highest BCUT2D eigenvalue weighted by molar-refractivity contribution is 7.13. The van der Waals surface area contributed by atoms with Gasteiger partial charge in [-0.1, -0.05) is 18.2 Å². The Hall–Kier alpha value is -2.51. The Morgan fingerprint density at radius 1 is 1.30 bits per heavy atom. The Morgan fingerprint density at radius 3 is 2.91 bits per heavy atom. The van der Waals surface area contributed by atoms with Crippen molar-refractivity contribution in [3.63, 3.8) is 0 Å². The first-order chi connectivity index (χ1) is 11.3. The minimum atomic E-state index is -0.170. The summed E-state index contributed by atoms with van der Waals surface area (Å²) in [4.78, 5) is 16.4. The Morgan fingerprint density at radius 2 is 2.13 bits per heavy atom. The van der Waals surface area contributed by atoms with E-state index in [0.717, 1.165) is 22.7 Å². The van der Waals surface area contributed by atoms with E-state index in [9.17, 15) is 4.79 Å². The van der Waals surface area contributed by atoms with Gasteiger partial charge in [-0.15, -0.1) is 11.3 Å². The van der Waals surface area contributed by atoms with Crippen LogP contribution in [-0.2, 0) is 0 Å². The molecule has 1 aromatic carbocycles. The van der Waals surface area contributed by atoms with E-state index in [1.807, 2.05) is 36.5 Å². The zero-order chi connectivity index (χ0) is 16.1. The molecule has 3 aromatic rings. The molecule has 3 N–H and O–H groups in total. The molecule has 0 aliphatic rings. The van der Waals surface area contributed by atoms with Crippen molar-refractivity contribution >= 4 is 17.2 Å². The summed E-state index contributed by atoms with van der Waals surface area (Å²) in [7, 11) is 0. The van der Waals surface area contributed by atoms with Crippen LogP contribution in [0.5, 0.6) is 0 Å². The molecule has 3 rings (SSSR count). The summed E-state index contributed by atoms with van der Waals surface area (Å²) in [6, 6.07) is 9.85. The largest absolute Gasteiger partial charge is 0.351 e. The third kappa shape index (κ3) is 3.64. The molecule has 0 bridgehead atoms. The number of hydrogen-bond acceptors (Lipinski definition) is 5. The number of benzene rings is 1. The summed E-state index contributed by atoms with van der Waals surface area (Å²) in [5.41, 5.74) is 7.71. The van der Waals surface area contributed by atoms with Gasteiger partial charge in [-0.3, -0.25) is 4.79 Å². The van der Waals surface area contributed by atoms with Crippen LogP contribution in [0, 0.1) is 0 Å². The minimum Gasteiger partial charge on any atom is -0.351 e. The van der Waals surface area contributed by atoms with E-state index >= 15 is 0 Å². The molecular weight excluding hydrogens is 310 g/mol. The fraction of sp³-hybridized carbons (Fsp3) is 0.188. The first kappa shape index (κ1) is 15.4. The molecule has 0 saturated carbocycles. The molecule has 2 heterocycles. The molecule has 0 saturated heterocycles. The van der Waals surface area contributed by atoms with Crippen LogP contribution in [0.25, 0.3) is 16.3 Å². The molecule has 0 fully saturated rings. The van der Waals surface area contributed by atoms with Crippen LogP contribution < -0.4 is 11.1 Å². The Kier molecular flexibility index (Phi) is 4.80. The summed E-state index contributed by atoms with van der Waals surface area (Å²) in [6.45, 7) is 1.12. The second-order valence-corrected chi connectivity index (χ2v) is 5.80. The third-order valence-electron chi connectivity index (χ3n) is 3.25. The molecule has 2 aromatic heterocycles. The number of carbonyl (C=O) groups is 1. The van der Waals surface area contributed by atoms with Crippen molar-refractivity contribution < 1.29 is 4.79 Å². The first-order valence-electron chi connectivity index (χ1n) is 7.32. The average Bonchev–Trinajstić information content (AvgIpc) is 3.25. The van der Waals surface area contributed by atoms with Crippen molar-refractivity contribution in [3.05, 3.63) is 53.8 Å². The molecule has 118 valence electrons. The Balaban J connectivity index is 1.73. The summed E-state index contributed by atoms with van der Waals surface area (Å²) in [5.74, 6) is -0.170. The van der Waals surface area contributed by atoms with Crippen LogP contribution >= 0.6 is 11.3 Å². The number of aromatic nitrogens is 3. The van der Waals surface area contributed by atoms with Gasteiger partial charge in [-0.2, -0.15) is 5.10 Å². The maximum Gasteiger partial charge on any atom is 0.270 e. The summed E-state index contributed by atoms with van der Waals surface area (Å²) < 4.78 is 1.79. The molecule has 23 heavy (non-hydrogen) atoms. The van der Waals surface area contributed by atoms with E-state index in [0.29, 0.717) is 18.8 Å². The predicted octanol–water partition coefficient (Wildman–Crippen LogP) is 2.07. The van der Waals surface area contributed by atoms with Crippen molar-refractivity contribution in [3.8, 4) is 16.3 Å². The molecule has 0 atom stereocenters. The molecule has 0 radical (unpaired) electrons. The number of thiazole rings is 1. The van der Waals surface area contributed by atoms with Gasteiger partial charge in [0.05, 0.1) is 11.9 Å². The lowest BCUT2D eigenvalue weighted by molar-refractivity contribution is 0.0949. The van der Waals surface area contributed by atoms with Gasteiger partial charge in [0, 0.05) is 23.7 Å². The maximum atomic E-state index is 12.0. The van der Waals surface area contributed by atoms with Crippen LogP contribution in [0.4, 0.5) is 0 Å². The highest BCUT2D eigenvalue weighted by Gasteiger charge is 2.12. The Labute approximate surface area is 138 Å². The second-order valence-electron chi connectivity index (χ2n) is 4.95. The van der Waals surface area contributed by atoms with Gasteiger partial charge in [0.1, 0.15) is 10.7 Å². The zero-order valence-corrected chi connectivity index (χ0v) is 13.3. The standard InChI is InChI=1S/C16H17N5OS/c17-7-4-8-18-15(22)14-11-23-16(20-14)12-9-19-21(10-12)13-5-2-1-3-6-13/h1-3,5-6,9-11H,4,7-8,17H2,(H,18,22). The number of nitrogens with zero attached hydrogens (tertiary/aromatic N) is 3. The van der Waals surface area contributed by atoms with Crippen molar-refractivity contribution in [2.75, 3.05) is 13.1 Å². The Bertz CT molecular complexity index is 781. The first-order valence-corrected chi connectivity index (χ1v) is 8.20. The predicted molar refractivity (Wildman–Crippen MR) is 90.7 cm³/mol. The number of carbonyl (C=O) groups excluding carboxylic acids is 1. The molecule has 0 unspecified atom stereocenters. The smallest absolute Gasteiger partial charge is 0.270 e.